The SMILES string of the molecule is CCOc1ccc(C2=C(Nc3cc(Cl)ccc3C)C(=O)N(c3cccc(OC)c3)C2=O)cc1. The fourth-order valence-electron chi connectivity index (χ4n) is 3.65. The summed E-state index contributed by atoms with van der Waals surface area (Å²) in [7, 11) is 1.53. The first-order valence-corrected chi connectivity index (χ1v) is 10.8. The Morgan fingerprint density at radius 1 is 0.939 bits per heavy atom. The largest absolute Gasteiger partial charge is 0.497 e. The Bertz CT molecular complexity index is 1250. The van der Waals surface area contributed by atoms with Crippen molar-refractivity contribution in [2.45, 2.75) is 13.8 Å². The van der Waals surface area contributed by atoms with Gasteiger partial charge in [-0.25, -0.2) is 4.90 Å². The second-order valence-electron chi connectivity index (χ2n) is 7.44. The van der Waals surface area contributed by atoms with Gasteiger partial charge in [0.05, 0.1) is 25.0 Å². The van der Waals surface area contributed by atoms with Gasteiger partial charge in [-0.05, 0) is 61.4 Å². The van der Waals surface area contributed by atoms with Crippen molar-refractivity contribution in [3.63, 3.8) is 0 Å². The van der Waals surface area contributed by atoms with E-state index in [2.05, 4.69) is 5.32 Å². The van der Waals surface area contributed by atoms with Crippen molar-refractivity contribution in [2.24, 2.45) is 0 Å². The average Bonchev–Trinajstić information content (AvgIpc) is 3.06. The molecule has 0 aromatic heterocycles. The molecule has 3 aromatic carbocycles. The number of nitrogens with zero attached hydrogens (tertiary/aromatic N) is 1. The fraction of sp³-hybridized carbons (Fsp3) is 0.154. The summed E-state index contributed by atoms with van der Waals surface area (Å²) < 4.78 is 10.8. The third kappa shape index (κ3) is 4.43. The van der Waals surface area contributed by atoms with E-state index in [9.17, 15) is 9.59 Å². The standard InChI is InChI=1S/C26H23ClN2O4/c1-4-33-20-12-9-17(10-13-20)23-24(28-22-14-18(27)11-8-16(22)2)26(31)29(25(23)30)19-6-5-7-21(15-19)32-3/h5-15,28H,4H2,1-3H3. The normalized spacial score (nSPS) is 13.5. The molecule has 0 saturated heterocycles. The molecule has 33 heavy (non-hydrogen) atoms. The second kappa shape index (κ2) is 9.38. The molecule has 7 heteroatoms. The van der Waals surface area contributed by atoms with Crippen LogP contribution in [0.15, 0.2) is 72.4 Å². The maximum absolute atomic E-state index is 13.6. The molecule has 1 aliphatic rings. The first-order chi connectivity index (χ1) is 15.9. The molecule has 6 nitrogen and oxygen atoms in total. The van der Waals surface area contributed by atoms with Gasteiger partial charge in [0, 0.05) is 16.8 Å². The number of halogens is 1. The summed E-state index contributed by atoms with van der Waals surface area (Å²) in [6.45, 7) is 4.33. The molecule has 1 N–H and O–H groups in total. The molecule has 3 aromatic rings. The molecule has 0 fully saturated rings. The number of imide groups is 1. The van der Waals surface area contributed by atoms with Crippen LogP contribution in [-0.2, 0) is 9.59 Å². The van der Waals surface area contributed by atoms with Gasteiger partial charge in [-0.1, -0.05) is 35.9 Å². The van der Waals surface area contributed by atoms with Crippen LogP contribution in [0.1, 0.15) is 18.1 Å². The molecule has 168 valence electrons. The summed E-state index contributed by atoms with van der Waals surface area (Å²) in [5, 5.41) is 3.69. The van der Waals surface area contributed by atoms with E-state index in [0.717, 1.165) is 10.5 Å². The zero-order valence-electron chi connectivity index (χ0n) is 18.5. The van der Waals surface area contributed by atoms with Gasteiger partial charge in [0.15, 0.2) is 0 Å². The smallest absolute Gasteiger partial charge is 0.282 e. The monoisotopic (exact) mass is 462 g/mol. The molecule has 0 aliphatic carbocycles. The van der Waals surface area contributed by atoms with Crippen molar-refractivity contribution in [2.75, 3.05) is 23.9 Å². The molecular formula is C26H23ClN2O4. The Labute approximate surface area is 197 Å². The number of carbonyl (C=O) groups is 2. The van der Waals surface area contributed by atoms with Crippen LogP contribution in [0.3, 0.4) is 0 Å². The van der Waals surface area contributed by atoms with Gasteiger partial charge in [-0.2, -0.15) is 0 Å². The lowest BCUT2D eigenvalue weighted by Crippen LogP contribution is -2.32. The molecule has 1 heterocycles. The predicted octanol–water partition coefficient (Wildman–Crippen LogP) is 5.45. The third-order valence-electron chi connectivity index (χ3n) is 5.31. The van der Waals surface area contributed by atoms with Gasteiger partial charge in [0.2, 0.25) is 0 Å². The number of ether oxygens (including phenoxy) is 2. The summed E-state index contributed by atoms with van der Waals surface area (Å²) >= 11 is 6.18. The average molecular weight is 463 g/mol. The molecule has 1 aliphatic heterocycles. The van der Waals surface area contributed by atoms with Crippen LogP contribution in [0.2, 0.25) is 5.02 Å². The number of rotatable bonds is 7. The van der Waals surface area contributed by atoms with E-state index in [1.807, 2.05) is 19.9 Å². The summed E-state index contributed by atoms with van der Waals surface area (Å²) in [5.41, 5.74) is 3.01. The van der Waals surface area contributed by atoms with Crippen LogP contribution in [0.5, 0.6) is 11.5 Å². The van der Waals surface area contributed by atoms with E-state index in [0.29, 0.717) is 40.1 Å². The Morgan fingerprint density at radius 2 is 1.70 bits per heavy atom. The van der Waals surface area contributed by atoms with Crippen LogP contribution in [0, 0.1) is 6.92 Å². The molecule has 0 spiro atoms. The Hall–Kier alpha value is -3.77. The minimum Gasteiger partial charge on any atom is -0.497 e. The van der Waals surface area contributed by atoms with E-state index in [4.69, 9.17) is 21.1 Å². The summed E-state index contributed by atoms with van der Waals surface area (Å²) in [6, 6.07) is 19.3. The molecule has 0 radical (unpaired) electrons. The maximum Gasteiger partial charge on any atom is 0.282 e. The summed E-state index contributed by atoms with van der Waals surface area (Å²) in [6.07, 6.45) is 0. The molecule has 4 rings (SSSR count). The zero-order valence-corrected chi connectivity index (χ0v) is 19.3. The minimum atomic E-state index is -0.462. The Morgan fingerprint density at radius 3 is 2.39 bits per heavy atom. The fourth-order valence-corrected chi connectivity index (χ4v) is 3.82. The number of hydrogen-bond donors (Lipinski definition) is 1. The van der Waals surface area contributed by atoms with E-state index in [-0.39, 0.29) is 11.3 Å². The number of hydrogen-bond acceptors (Lipinski definition) is 5. The van der Waals surface area contributed by atoms with Crippen molar-refractivity contribution in [1.82, 2.24) is 0 Å². The van der Waals surface area contributed by atoms with Crippen molar-refractivity contribution < 1.29 is 19.1 Å². The Kier molecular flexibility index (Phi) is 6.38. The number of aryl methyl sites for hydroxylation is 1. The van der Waals surface area contributed by atoms with Gasteiger partial charge in [0.1, 0.15) is 17.2 Å². The number of nitrogens with one attached hydrogen (secondary N) is 1. The van der Waals surface area contributed by atoms with E-state index in [1.165, 1.54) is 7.11 Å². The third-order valence-corrected chi connectivity index (χ3v) is 5.54. The van der Waals surface area contributed by atoms with Crippen LogP contribution in [-0.4, -0.2) is 25.5 Å². The predicted molar refractivity (Wildman–Crippen MR) is 130 cm³/mol. The highest BCUT2D eigenvalue weighted by Crippen LogP contribution is 2.36. The van der Waals surface area contributed by atoms with Gasteiger partial charge in [0.25, 0.3) is 11.8 Å². The Balaban J connectivity index is 1.82. The van der Waals surface area contributed by atoms with Crippen molar-refractivity contribution in [1.29, 1.82) is 0 Å². The van der Waals surface area contributed by atoms with Crippen LogP contribution >= 0.6 is 11.6 Å². The van der Waals surface area contributed by atoms with E-state index < -0.39 is 11.8 Å². The number of anilines is 2. The lowest BCUT2D eigenvalue weighted by molar-refractivity contribution is -0.120. The summed E-state index contributed by atoms with van der Waals surface area (Å²) in [4.78, 5) is 28.3. The highest BCUT2D eigenvalue weighted by Gasteiger charge is 2.40. The second-order valence-corrected chi connectivity index (χ2v) is 7.88. The zero-order chi connectivity index (χ0) is 23.5. The molecule has 0 saturated carbocycles. The van der Waals surface area contributed by atoms with E-state index >= 15 is 0 Å². The lowest BCUT2D eigenvalue weighted by Gasteiger charge is -2.16. The first-order valence-electron chi connectivity index (χ1n) is 10.5. The van der Waals surface area contributed by atoms with Crippen molar-refractivity contribution >= 4 is 40.4 Å². The molecule has 2 amide bonds. The van der Waals surface area contributed by atoms with Crippen LogP contribution in [0.4, 0.5) is 11.4 Å². The molecular weight excluding hydrogens is 440 g/mol. The number of benzene rings is 3. The van der Waals surface area contributed by atoms with Gasteiger partial charge in [-0.15, -0.1) is 0 Å². The quantitative estimate of drug-likeness (QED) is 0.473. The van der Waals surface area contributed by atoms with Gasteiger partial charge < -0.3 is 14.8 Å². The topological polar surface area (TPSA) is 67.9 Å². The van der Waals surface area contributed by atoms with Crippen molar-refractivity contribution in [3.8, 4) is 11.5 Å². The highest BCUT2D eigenvalue weighted by atomic mass is 35.5. The van der Waals surface area contributed by atoms with Gasteiger partial charge in [-0.3, -0.25) is 9.59 Å². The van der Waals surface area contributed by atoms with Crippen LogP contribution < -0.4 is 19.7 Å². The van der Waals surface area contributed by atoms with Crippen molar-refractivity contribution in [3.05, 3.63) is 88.6 Å². The van der Waals surface area contributed by atoms with E-state index in [1.54, 1.807) is 60.7 Å². The molecule has 0 atom stereocenters. The molecule has 0 bridgehead atoms. The minimum absolute atomic E-state index is 0.178. The highest BCUT2D eigenvalue weighted by molar-refractivity contribution is 6.46. The number of carbonyl (C=O) groups excluding carboxylic acids is 2. The van der Waals surface area contributed by atoms with Gasteiger partial charge >= 0.3 is 0 Å². The molecule has 0 unspecified atom stereocenters. The lowest BCUT2D eigenvalue weighted by atomic mass is 10.0. The van der Waals surface area contributed by atoms with Crippen LogP contribution in [0.25, 0.3) is 5.57 Å². The number of amides is 2. The number of methoxy groups -OCH3 is 1. The maximum atomic E-state index is 13.6. The summed E-state index contributed by atoms with van der Waals surface area (Å²) in [5.74, 6) is 0.336. The first kappa shape index (κ1) is 22.4.